The highest BCUT2D eigenvalue weighted by Crippen LogP contribution is 2.40. The van der Waals surface area contributed by atoms with Crippen LogP contribution in [-0.2, 0) is 11.3 Å². The summed E-state index contributed by atoms with van der Waals surface area (Å²) < 4.78 is 7.03. The lowest BCUT2D eigenvalue weighted by molar-refractivity contribution is 0.0362. The fraction of sp³-hybridized carbons (Fsp3) is 0.522. The summed E-state index contributed by atoms with van der Waals surface area (Å²) in [5.41, 5.74) is 2.50. The van der Waals surface area contributed by atoms with Gasteiger partial charge in [0.05, 0.1) is 24.9 Å². The first-order chi connectivity index (χ1) is 14.5. The van der Waals surface area contributed by atoms with Gasteiger partial charge in [0.1, 0.15) is 5.56 Å². The van der Waals surface area contributed by atoms with Gasteiger partial charge in [0.15, 0.2) is 0 Å². The van der Waals surface area contributed by atoms with Crippen molar-refractivity contribution in [3.63, 3.8) is 0 Å². The molecule has 1 aliphatic carbocycles. The van der Waals surface area contributed by atoms with Crippen LogP contribution in [-0.4, -0.2) is 53.2 Å². The average molecular weight is 411 g/mol. The van der Waals surface area contributed by atoms with Crippen LogP contribution in [0.3, 0.4) is 0 Å². The molecule has 1 saturated carbocycles. The van der Waals surface area contributed by atoms with Crippen LogP contribution in [0.25, 0.3) is 0 Å². The zero-order valence-electron chi connectivity index (χ0n) is 17.8. The van der Waals surface area contributed by atoms with Gasteiger partial charge in [0, 0.05) is 38.1 Å². The molecule has 0 radical (unpaired) electrons. The molecule has 1 atom stereocenters. The number of carbonyl (C=O) groups is 1. The van der Waals surface area contributed by atoms with Crippen molar-refractivity contribution in [2.45, 2.75) is 39.3 Å². The van der Waals surface area contributed by atoms with Crippen LogP contribution in [0.15, 0.2) is 35.3 Å². The number of aryl methyl sites for hydroxylation is 2. The molecule has 0 spiro atoms. The number of rotatable bonds is 7. The van der Waals surface area contributed by atoms with Crippen molar-refractivity contribution in [2.75, 3.05) is 32.8 Å². The second-order valence-corrected chi connectivity index (χ2v) is 8.32. The molecule has 1 saturated heterocycles. The predicted octanol–water partition coefficient (Wildman–Crippen LogP) is 2.07. The summed E-state index contributed by atoms with van der Waals surface area (Å²) in [4.78, 5) is 33.2. The lowest BCUT2D eigenvalue weighted by atomic mass is 10.1. The Bertz CT molecular complexity index is 961. The van der Waals surface area contributed by atoms with Crippen molar-refractivity contribution in [2.24, 2.45) is 5.92 Å². The molecule has 4 rings (SSSR count). The van der Waals surface area contributed by atoms with E-state index in [1.165, 1.54) is 0 Å². The number of hydrogen-bond donors (Lipinski definition) is 1. The van der Waals surface area contributed by atoms with E-state index < -0.39 is 0 Å². The number of morpholine rings is 1. The molecule has 2 aliphatic rings. The number of carbonyl (C=O) groups excluding carboxylic acids is 1. The molecule has 0 bridgehead atoms. The molecule has 1 N–H and O–H groups in total. The fourth-order valence-corrected chi connectivity index (χ4v) is 4.00. The molecule has 1 unspecified atom stereocenters. The van der Waals surface area contributed by atoms with Gasteiger partial charge in [-0.2, -0.15) is 0 Å². The summed E-state index contributed by atoms with van der Waals surface area (Å²) in [5, 5.41) is 3.11. The van der Waals surface area contributed by atoms with Crippen molar-refractivity contribution >= 4 is 5.91 Å². The van der Waals surface area contributed by atoms with Gasteiger partial charge >= 0.3 is 0 Å². The van der Waals surface area contributed by atoms with Gasteiger partial charge in [-0.25, -0.2) is 0 Å². The summed E-state index contributed by atoms with van der Waals surface area (Å²) in [6.07, 6.45) is 3.92. The first-order valence-corrected chi connectivity index (χ1v) is 10.8. The third kappa shape index (κ3) is 4.79. The topological polar surface area (TPSA) is 76.5 Å². The Hall–Kier alpha value is -2.51. The summed E-state index contributed by atoms with van der Waals surface area (Å²) in [6.45, 7) is 8.30. The Balaban J connectivity index is 1.51. The minimum Gasteiger partial charge on any atom is -0.379 e. The van der Waals surface area contributed by atoms with Crippen LogP contribution < -0.4 is 10.9 Å². The Morgan fingerprint density at radius 2 is 1.97 bits per heavy atom. The van der Waals surface area contributed by atoms with E-state index in [4.69, 9.17) is 4.74 Å². The van der Waals surface area contributed by atoms with Crippen LogP contribution in [0.5, 0.6) is 0 Å². The van der Waals surface area contributed by atoms with E-state index in [0.29, 0.717) is 18.0 Å². The van der Waals surface area contributed by atoms with E-state index in [2.05, 4.69) is 15.2 Å². The van der Waals surface area contributed by atoms with E-state index in [1.807, 2.05) is 38.1 Å². The second-order valence-electron chi connectivity index (χ2n) is 8.32. The van der Waals surface area contributed by atoms with Crippen LogP contribution in [0.2, 0.25) is 0 Å². The maximum absolute atomic E-state index is 13.2. The van der Waals surface area contributed by atoms with Gasteiger partial charge in [0.2, 0.25) is 0 Å². The Labute approximate surface area is 177 Å². The molecule has 7 nitrogen and oxygen atoms in total. The minimum atomic E-state index is -0.307. The smallest absolute Gasteiger partial charge is 0.263 e. The van der Waals surface area contributed by atoms with E-state index in [0.717, 1.165) is 57.1 Å². The molecule has 2 aromatic heterocycles. The van der Waals surface area contributed by atoms with Gasteiger partial charge in [-0.1, -0.05) is 6.07 Å². The van der Waals surface area contributed by atoms with Crippen LogP contribution in [0.4, 0.5) is 0 Å². The van der Waals surface area contributed by atoms with Crippen molar-refractivity contribution < 1.29 is 9.53 Å². The summed E-state index contributed by atoms with van der Waals surface area (Å²) >= 11 is 0. The number of nitrogens with one attached hydrogen (secondary N) is 1. The van der Waals surface area contributed by atoms with Crippen LogP contribution >= 0.6 is 0 Å². The quantitative estimate of drug-likeness (QED) is 0.756. The molecular formula is C23H30N4O3. The fourth-order valence-electron chi connectivity index (χ4n) is 4.00. The molecule has 7 heteroatoms. The second kappa shape index (κ2) is 9.10. The summed E-state index contributed by atoms with van der Waals surface area (Å²) in [6, 6.07) is 7.56. The zero-order valence-corrected chi connectivity index (χ0v) is 17.8. The highest BCUT2D eigenvalue weighted by atomic mass is 16.5. The first-order valence-electron chi connectivity index (χ1n) is 10.8. The van der Waals surface area contributed by atoms with Gasteiger partial charge in [0.25, 0.3) is 11.5 Å². The largest absolute Gasteiger partial charge is 0.379 e. The van der Waals surface area contributed by atoms with Crippen LogP contribution in [0, 0.1) is 19.8 Å². The lowest BCUT2D eigenvalue weighted by Gasteiger charge is -2.26. The van der Waals surface area contributed by atoms with Gasteiger partial charge in [-0.3, -0.25) is 19.5 Å². The molecule has 2 aromatic rings. The molecule has 3 heterocycles. The Kier molecular flexibility index (Phi) is 6.29. The Morgan fingerprint density at radius 3 is 2.67 bits per heavy atom. The predicted molar refractivity (Wildman–Crippen MR) is 115 cm³/mol. The van der Waals surface area contributed by atoms with Gasteiger partial charge < -0.3 is 14.6 Å². The average Bonchev–Trinajstić information content (AvgIpc) is 3.57. The normalized spacial score (nSPS) is 18.2. The maximum Gasteiger partial charge on any atom is 0.263 e. The van der Waals surface area contributed by atoms with Crippen molar-refractivity contribution in [3.8, 4) is 0 Å². The van der Waals surface area contributed by atoms with Crippen LogP contribution in [0.1, 0.15) is 46.2 Å². The monoisotopic (exact) mass is 410 g/mol. The number of ether oxygens (including phenoxy) is 1. The summed E-state index contributed by atoms with van der Waals surface area (Å²) in [5.74, 6) is 0.0780. The lowest BCUT2D eigenvalue weighted by Crippen LogP contribution is -2.41. The highest BCUT2D eigenvalue weighted by Gasteiger charge is 2.35. The molecule has 30 heavy (non-hydrogen) atoms. The van der Waals surface area contributed by atoms with Crippen molar-refractivity contribution in [3.05, 3.63) is 63.3 Å². The van der Waals surface area contributed by atoms with E-state index in [1.54, 1.807) is 10.8 Å². The van der Waals surface area contributed by atoms with E-state index in [9.17, 15) is 9.59 Å². The number of hydrogen-bond acceptors (Lipinski definition) is 5. The summed E-state index contributed by atoms with van der Waals surface area (Å²) in [7, 11) is 0. The number of pyridine rings is 2. The molecule has 160 valence electrons. The number of nitrogens with zero attached hydrogens (tertiary/aromatic N) is 3. The standard InChI is InChI=1S/C23H30N4O3/c1-16-8-9-27(11-10-26-12-14-30-15-13-26)23(29)20(16)22(28)25-21(18-6-7-18)19-5-3-4-17(2)24-19/h3-5,8-9,18,21H,6-7,10-15H2,1-2H3,(H,25,28). The minimum absolute atomic E-state index is 0.154. The first kappa shape index (κ1) is 20.8. The third-order valence-corrected chi connectivity index (χ3v) is 5.97. The Morgan fingerprint density at radius 1 is 1.20 bits per heavy atom. The number of amides is 1. The van der Waals surface area contributed by atoms with Crippen molar-refractivity contribution in [1.29, 1.82) is 0 Å². The molecular weight excluding hydrogens is 380 g/mol. The van der Waals surface area contributed by atoms with Crippen molar-refractivity contribution in [1.82, 2.24) is 19.8 Å². The number of aromatic nitrogens is 2. The molecule has 2 fully saturated rings. The molecule has 1 amide bonds. The maximum atomic E-state index is 13.2. The van der Waals surface area contributed by atoms with Gasteiger partial charge in [-0.05, 0) is 56.4 Å². The van der Waals surface area contributed by atoms with E-state index >= 15 is 0 Å². The zero-order chi connectivity index (χ0) is 21.1. The SMILES string of the molecule is Cc1cccc(C(NC(=O)c2c(C)ccn(CCN3CCOCC3)c2=O)C2CC2)n1. The molecule has 1 aliphatic heterocycles. The van der Waals surface area contributed by atoms with E-state index in [-0.39, 0.29) is 23.1 Å². The highest BCUT2D eigenvalue weighted by molar-refractivity contribution is 5.95. The van der Waals surface area contributed by atoms with Gasteiger partial charge in [-0.15, -0.1) is 0 Å². The molecule has 0 aromatic carbocycles. The third-order valence-electron chi connectivity index (χ3n) is 5.97.